The third-order valence-corrected chi connectivity index (χ3v) is 8.74. The van der Waals surface area contributed by atoms with Gasteiger partial charge >= 0.3 is 0 Å². The first kappa shape index (κ1) is 27.0. The van der Waals surface area contributed by atoms with Crippen LogP contribution in [0.25, 0.3) is 0 Å². The summed E-state index contributed by atoms with van der Waals surface area (Å²) in [5.41, 5.74) is 3.68. The molecule has 2 unspecified atom stereocenters. The molecule has 2 aromatic carbocycles. The SMILES string of the molecule is COc1ccccc1CCN1C(=O)c2cccc(N3CCCC(C(=O)N4CCCCC4c4cccnc4)C3)c2C1=O. The Bertz CT molecular complexity index is 1440. The number of hydrogen-bond acceptors (Lipinski definition) is 6. The number of anilines is 1. The molecule has 0 radical (unpaired) electrons. The van der Waals surface area contributed by atoms with Gasteiger partial charge in [-0.05, 0) is 73.9 Å². The molecule has 2 saturated heterocycles. The van der Waals surface area contributed by atoms with E-state index in [0.29, 0.717) is 24.1 Å². The van der Waals surface area contributed by atoms with Crippen LogP contribution in [0.1, 0.15) is 70.0 Å². The summed E-state index contributed by atoms with van der Waals surface area (Å²) in [5, 5.41) is 0. The third kappa shape index (κ3) is 5.19. The average Bonchev–Trinajstić information content (AvgIpc) is 3.28. The van der Waals surface area contributed by atoms with Crippen molar-refractivity contribution in [3.05, 3.63) is 89.2 Å². The number of ether oxygens (including phenoxy) is 1. The van der Waals surface area contributed by atoms with Gasteiger partial charge in [0.05, 0.1) is 35.9 Å². The van der Waals surface area contributed by atoms with Crippen LogP contribution in [-0.2, 0) is 11.2 Å². The molecule has 212 valence electrons. The second-order valence-corrected chi connectivity index (χ2v) is 11.1. The molecule has 3 aromatic rings. The number of hydrogen-bond donors (Lipinski definition) is 0. The molecule has 3 aliphatic heterocycles. The Morgan fingerprint density at radius 1 is 0.951 bits per heavy atom. The van der Waals surface area contributed by atoms with Crippen LogP contribution in [-0.4, -0.2) is 65.8 Å². The zero-order valence-electron chi connectivity index (χ0n) is 23.5. The zero-order valence-corrected chi connectivity index (χ0v) is 23.5. The highest BCUT2D eigenvalue weighted by molar-refractivity contribution is 6.23. The molecule has 3 amide bonds. The van der Waals surface area contributed by atoms with Crippen molar-refractivity contribution < 1.29 is 19.1 Å². The number of rotatable bonds is 7. The number of carbonyl (C=O) groups excluding carboxylic acids is 3. The lowest BCUT2D eigenvalue weighted by molar-refractivity contribution is -0.139. The molecule has 0 aliphatic carbocycles. The van der Waals surface area contributed by atoms with Crippen molar-refractivity contribution in [3.8, 4) is 5.75 Å². The van der Waals surface area contributed by atoms with Crippen molar-refractivity contribution in [3.63, 3.8) is 0 Å². The first-order chi connectivity index (χ1) is 20.1. The summed E-state index contributed by atoms with van der Waals surface area (Å²) in [6.07, 6.45) is 8.87. The van der Waals surface area contributed by atoms with Crippen molar-refractivity contribution in [2.45, 2.75) is 44.6 Å². The normalized spacial score (nSPS) is 20.8. The fourth-order valence-electron chi connectivity index (χ4n) is 6.67. The van der Waals surface area contributed by atoms with Crippen molar-refractivity contribution >= 4 is 23.4 Å². The Hall–Kier alpha value is -4.20. The highest BCUT2D eigenvalue weighted by Crippen LogP contribution is 2.37. The summed E-state index contributed by atoms with van der Waals surface area (Å²) in [5.74, 6) is 0.228. The molecular formula is C33H36N4O4. The summed E-state index contributed by atoms with van der Waals surface area (Å²) in [6.45, 7) is 2.31. The van der Waals surface area contributed by atoms with Crippen LogP contribution in [0.4, 0.5) is 5.69 Å². The van der Waals surface area contributed by atoms with Crippen LogP contribution < -0.4 is 9.64 Å². The van der Waals surface area contributed by atoms with Crippen LogP contribution >= 0.6 is 0 Å². The number of piperidine rings is 2. The van der Waals surface area contributed by atoms with Crippen LogP contribution in [0, 0.1) is 5.92 Å². The highest BCUT2D eigenvalue weighted by atomic mass is 16.5. The summed E-state index contributed by atoms with van der Waals surface area (Å²) in [4.78, 5) is 50.8. The van der Waals surface area contributed by atoms with E-state index in [1.807, 2.05) is 48.7 Å². The minimum atomic E-state index is -0.267. The number of amides is 3. The Morgan fingerprint density at radius 2 is 1.83 bits per heavy atom. The first-order valence-electron chi connectivity index (χ1n) is 14.6. The van der Waals surface area contributed by atoms with Gasteiger partial charge in [-0.15, -0.1) is 0 Å². The maximum Gasteiger partial charge on any atom is 0.263 e. The number of para-hydroxylation sites is 1. The minimum absolute atomic E-state index is 0.0531. The van der Waals surface area contributed by atoms with Gasteiger partial charge in [0.2, 0.25) is 5.91 Å². The van der Waals surface area contributed by atoms with Gasteiger partial charge in [0, 0.05) is 38.6 Å². The molecule has 3 aliphatic rings. The lowest BCUT2D eigenvalue weighted by Gasteiger charge is -2.41. The average molecular weight is 553 g/mol. The van der Waals surface area contributed by atoms with E-state index in [-0.39, 0.29) is 36.2 Å². The van der Waals surface area contributed by atoms with Gasteiger partial charge in [-0.3, -0.25) is 24.3 Å². The van der Waals surface area contributed by atoms with E-state index < -0.39 is 0 Å². The van der Waals surface area contributed by atoms with Gasteiger partial charge in [0.25, 0.3) is 11.8 Å². The quantitative estimate of drug-likeness (QED) is 0.388. The fourth-order valence-corrected chi connectivity index (χ4v) is 6.67. The van der Waals surface area contributed by atoms with E-state index in [2.05, 4.69) is 20.9 Å². The number of methoxy groups -OCH3 is 1. The Balaban J connectivity index is 1.20. The van der Waals surface area contributed by atoms with Crippen molar-refractivity contribution in [1.29, 1.82) is 0 Å². The minimum Gasteiger partial charge on any atom is -0.496 e. The summed E-state index contributed by atoms with van der Waals surface area (Å²) < 4.78 is 5.45. The molecule has 0 N–H and O–H groups in total. The van der Waals surface area contributed by atoms with Gasteiger partial charge < -0.3 is 14.5 Å². The molecule has 4 heterocycles. The predicted molar refractivity (Wildman–Crippen MR) is 156 cm³/mol. The van der Waals surface area contributed by atoms with Gasteiger partial charge in [-0.2, -0.15) is 0 Å². The summed E-state index contributed by atoms with van der Waals surface area (Å²) in [6, 6.07) is 17.2. The summed E-state index contributed by atoms with van der Waals surface area (Å²) >= 11 is 0. The molecule has 2 fully saturated rings. The molecule has 1 aromatic heterocycles. The summed E-state index contributed by atoms with van der Waals surface area (Å²) in [7, 11) is 1.62. The van der Waals surface area contributed by atoms with E-state index >= 15 is 0 Å². The van der Waals surface area contributed by atoms with E-state index in [0.717, 1.165) is 67.8 Å². The Kier molecular flexibility index (Phi) is 7.72. The van der Waals surface area contributed by atoms with E-state index in [1.165, 1.54) is 4.90 Å². The molecule has 8 heteroatoms. The Morgan fingerprint density at radius 3 is 2.66 bits per heavy atom. The molecule has 6 rings (SSSR count). The number of imide groups is 1. The van der Waals surface area contributed by atoms with Gasteiger partial charge in [0.15, 0.2) is 0 Å². The number of nitrogens with zero attached hydrogens (tertiary/aromatic N) is 4. The molecule has 41 heavy (non-hydrogen) atoms. The van der Waals surface area contributed by atoms with Crippen LogP contribution in [0.3, 0.4) is 0 Å². The standard InChI is InChI=1S/C33H36N4O4/c1-41-29-15-3-2-9-23(29)16-20-37-32(39)26-12-6-14-28(30(26)33(37)40)35-18-8-11-25(22-35)31(38)36-19-5-4-13-27(36)24-10-7-17-34-21-24/h2-3,6-7,9-10,12,14-15,17,21,25,27H,4-5,8,11,13,16,18-20,22H2,1H3. The number of aromatic nitrogens is 1. The smallest absolute Gasteiger partial charge is 0.263 e. The second-order valence-electron chi connectivity index (χ2n) is 11.1. The van der Waals surface area contributed by atoms with Crippen molar-refractivity contribution in [2.24, 2.45) is 5.92 Å². The monoisotopic (exact) mass is 552 g/mol. The van der Waals surface area contributed by atoms with E-state index in [9.17, 15) is 14.4 Å². The maximum atomic E-state index is 13.9. The van der Waals surface area contributed by atoms with E-state index in [1.54, 1.807) is 19.4 Å². The number of likely N-dealkylation sites (tertiary alicyclic amines) is 1. The fraction of sp³-hybridized carbons (Fsp3) is 0.394. The van der Waals surface area contributed by atoms with Gasteiger partial charge in [-0.25, -0.2) is 0 Å². The van der Waals surface area contributed by atoms with Crippen LogP contribution in [0.15, 0.2) is 67.0 Å². The maximum absolute atomic E-state index is 13.9. The lowest BCUT2D eigenvalue weighted by Crippen LogP contribution is -2.47. The Labute approximate surface area is 240 Å². The molecule has 0 spiro atoms. The zero-order chi connectivity index (χ0) is 28.3. The van der Waals surface area contributed by atoms with Gasteiger partial charge in [-0.1, -0.05) is 30.3 Å². The molecule has 8 nitrogen and oxygen atoms in total. The van der Waals surface area contributed by atoms with Gasteiger partial charge in [0.1, 0.15) is 5.75 Å². The van der Waals surface area contributed by atoms with Crippen LogP contribution in [0.5, 0.6) is 5.75 Å². The highest BCUT2D eigenvalue weighted by Gasteiger charge is 2.40. The molecular weight excluding hydrogens is 516 g/mol. The largest absolute Gasteiger partial charge is 0.496 e. The molecule has 0 saturated carbocycles. The third-order valence-electron chi connectivity index (χ3n) is 8.74. The topological polar surface area (TPSA) is 83.1 Å². The van der Waals surface area contributed by atoms with Crippen LogP contribution in [0.2, 0.25) is 0 Å². The first-order valence-corrected chi connectivity index (χ1v) is 14.6. The second kappa shape index (κ2) is 11.7. The molecule has 0 bridgehead atoms. The van der Waals surface area contributed by atoms with E-state index in [4.69, 9.17) is 4.74 Å². The molecule has 2 atom stereocenters. The number of benzene rings is 2. The van der Waals surface area contributed by atoms with Crippen molar-refractivity contribution in [2.75, 3.05) is 38.2 Å². The predicted octanol–water partition coefficient (Wildman–Crippen LogP) is 4.90. The number of carbonyl (C=O) groups is 3. The number of fused-ring (bicyclic) bond motifs is 1. The number of pyridine rings is 1. The van der Waals surface area contributed by atoms with Crippen molar-refractivity contribution in [1.82, 2.24) is 14.8 Å². The lowest BCUT2D eigenvalue weighted by atomic mass is 9.91.